The monoisotopic (exact) mass is 346 g/mol. The lowest BCUT2D eigenvalue weighted by molar-refractivity contribution is -0.151. The van der Waals surface area contributed by atoms with E-state index in [0.717, 1.165) is 5.56 Å². The van der Waals surface area contributed by atoms with E-state index < -0.39 is 11.4 Å². The third-order valence-electron chi connectivity index (χ3n) is 5.23. The van der Waals surface area contributed by atoms with Crippen molar-refractivity contribution in [1.29, 1.82) is 0 Å². The zero-order valence-corrected chi connectivity index (χ0v) is 15.0. The van der Waals surface area contributed by atoms with Gasteiger partial charge < -0.3 is 15.3 Å². The summed E-state index contributed by atoms with van der Waals surface area (Å²) in [5.74, 6) is -1.03. The molecule has 25 heavy (non-hydrogen) atoms. The van der Waals surface area contributed by atoms with Crippen molar-refractivity contribution >= 4 is 17.8 Å². The number of carboxylic acid groups (broad SMARTS) is 1. The van der Waals surface area contributed by atoms with Crippen molar-refractivity contribution in [2.24, 2.45) is 11.3 Å². The van der Waals surface area contributed by atoms with E-state index in [4.69, 9.17) is 0 Å². The predicted molar refractivity (Wildman–Crippen MR) is 94.3 cm³/mol. The minimum absolute atomic E-state index is 0.0213. The molecule has 136 valence electrons. The van der Waals surface area contributed by atoms with Gasteiger partial charge in [-0.1, -0.05) is 26.0 Å². The minimum atomic E-state index is -0.839. The Labute approximate surface area is 148 Å². The van der Waals surface area contributed by atoms with Crippen LogP contribution in [-0.4, -0.2) is 47.9 Å². The molecule has 1 saturated heterocycles. The predicted octanol–water partition coefficient (Wildman–Crippen LogP) is 1.94. The number of hydrogen-bond acceptors (Lipinski definition) is 3. The highest BCUT2D eigenvalue weighted by Crippen LogP contribution is 2.38. The molecule has 1 aromatic carbocycles. The summed E-state index contributed by atoms with van der Waals surface area (Å²) in [5, 5.41) is 12.2. The molecule has 1 unspecified atom stereocenters. The van der Waals surface area contributed by atoms with Gasteiger partial charge in [-0.25, -0.2) is 0 Å². The molecule has 2 N–H and O–H groups in total. The molecule has 0 aromatic heterocycles. The number of aliphatic carboxylic acids is 1. The Kier molecular flexibility index (Phi) is 5.82. The average Bonchev–Trinajstić information content (AvgIpc) is 3.06. The Morgan fingerprint density at radius 3 is 2.60 bits per heavy atom. The third-order valence-corrected chi connectivity index (χ3v) is 5.23. The van der Waals surface area contributed by atoms with Gasteiger partial charge in [-0.15, -0.1) is 0 Å². The van der Waals surface area contributed by atoms with Crippen molar-refractivity contribution in [3.8, 4) is 0 Å². The van der Waals surface area contributed by atoms with Crippen LogP contribution >= 0.6 is 0 Å². The van der Waals surface area contributed by atoms with Crippen molar-refractivity contribution in [2.75, 3.05) is 20.1 Å². The summed E-state index contributed by atoms with van der Waals surface area (Å²) >= 11 is 0. The molecule has 2 rings (SSSR count). The molecule has 1 aromatic rings. The summed E-state index contributed by atoms with van der Waals surface area (Å²) in [6.45, 7) is 4.55. The van der Waals surface area contributed by atoms with Crippen LogP contribution in [0.25, 0.3) is 0 Å². The molecule has 2 amide bonds. The molecule has 1 fully saturated rings. The topological polar surface area (TPSA) is 86.7 Å². The lowest BCUT2D eigenvalue weighted by atomic mass is 9.76. The second-order valence-electron chi connectivity index (χ2n) is 6.96. The molecule has 0 saturated carbocycles. The van der Waals surface area contributed by atoms with Gasteiger partial charge in [0.05, 0.1) is 5.41 Å². The Bertz CT molecular complexity index is 671. The van der Waals surface area contributed by atoms with Gasteiger partial charge in [0.2, 0.25) is 5.91 Å². The van der Waals surface area contributed by atoms with E-state index in [1.165, 1.54) is 0 Å². The lowest BCUT2D eigenvalue weighted by Crippen LogP contribution is -2.40. The van der Waals surface area contributed by atoms with E-state index in [9.17, 15) is 19.5 Å². The van der Waals surface area contributed by atoms with E-state index >= 15 is 0 Å². The second-order valence-corrected chi connectivity index (χ2v) is 6.96. The van der Waals surface area contributed by atoms with E-state index in [0.29, 0.717) is 31.4 Å². The van der Waals surface area contributed by atoms with Crippen LogP contribution in [0.15, 0.2) is 24.3 Å². The third kappa shape index (κ3) is 4.00. The van der Waals surface area contributed by atoms with Crippen molar-refractivity contribution < 1.29 is 19.5 Å². The van der Waals surface area contributed by atoms with Crippen LogP contribution in [0.3, 0.4) is 0 Å². The second kappa shape index (κ2) is 7.68. The van der Waals surface area contributed by atoms with Gasteiger partial charge in [-0.05, 0) is 36.5 Å². The maximum absolute atomic E-state index is 12.5. The highest BCUT2D eigenvalue weighted by Gasteiger charge is 2.48. The fourth-order valence-corrected chi connectivity index (χ4v) is 3.36. The highest BCUT2D eigenvalue weighted by atomic mass is 16.4. The molecule has 1 heterocycles. The molecule has 0 radical (unpaired) electrons. The standard InChI is InChI=1S/C19H26N2O4/c1-13(2)19(18(24)25)9-10-21(12-19)16(22)8-7-14-5-4-6-15(11-14)17(23)20-3/h4-6,11,13H,7-10,12H2,1-3H3,(H,20,23)(H,24,25). The normalized spacial score (nSPS) is 19.9. The molecule has 0 spiro atoms. The van der Waals surface area contributed by atoms with E-state index in [1.54, 1.807) is 30.1 Å². The van der Waals surface area contributed by atoms with Gasteiger partial charge in [0.15, 0.2) is 0 Å². The first-order chi connectivity index (χ1) is 11.8. The van der Waals surface area contributed by atoms with Crippen LogP contribution in [0.5, 0.6) is 0 Å². The van der Waals surface area contributed by atoms with Crippen LogP contribution < -0.4 is 5.32 Å². The number of amides is 2. The SMILES string of the molecule is CNC(=O)c1cccc(CCC(=O)N2CCC(C(=O)O)(C(C)C)C2)c1. The molecule has 0 bridgehead atoms. The van der Waals surface area contributed by atoms with E-state index in [2.05, 4.69) is 5.32 Å². The fourth-order valence-electron chi connectivity index (χ4n) is 3.36. The van der Waals surface area contributed by atoms with Crippen molar-refractivity contribution in [3.63, 3.8) is 0 Å². The summed E-state index contributed by atoms with van der Waals surface area (Å²) in [6, 6.07) is 7.20. The number of carboxylic acids is 1. The number of nitrogens with one attached hydrogen (secondary N) is 1. The molecular formula is C19H26N2O4. The van der Waals surface area contributed by atoms with Crippen LogP contribution in [0, 0.1) is 11.3 Å². The largest absolute Gasteiger partial charge is 0.481 e. The van der Waals surface area contributed by atoms with E-state index in [-0.39, 0.29) is 24.3 Å². The molecule has 0 aliphatic carbocycles. The lowest BCUT2D eigenvalue weighted by Gasteiger charge is -2.28. The summed E-state index contributed by atoms with van der Waals surface area (Å²) < 4.78 is 0. The van der Waals surface area contributed by atoms with Crippen molar-refractivity contribution in [2.45, 2.75) is 33.1 Å². The van der Waals surface area contributed by atoms with Gasteiger partial charge in [0, 0.05) is 32.1 Å². The van der Waals surface area contributed by atoms with Crippen molar-refractivity contribution in [1.82, 2.24) is 10.2 Å². The number of carbonyl (C=O) groups is 3. The zero-order valence-electron chi connectivity index (χ0n) is 15.0. The molecule has 1 aliphatic rings. The first-order valence-corrected chi connectivity index (χ1v) is 8.62. The zero-order chi connectivity index (χ0) is 18.6. The molecule has 6 nitrogen and oxygen atoms in total. The number of benzene rings is 1. The maximum Gasteiger partial charge on any atom is 0.311 e. The smallest absolute Gasteiger partial charge is 0.311 e. The molecule has 1 atom stereocenters. The Morgan fingerprint density at radius 2 is 2.04 bits per heavy atom. The number of carbonyl (C=O) groups excluding carboxylic acids is 2. The molecular weight excluding hydrogens is 320 g/mol. The van der Waals surface area contributed by atoms with Crippen LogP contribution in [0.4, 0.5) is 0 Å². The van der Waals surface area contributed by atoms with Gasteiger partial charge >= 0.3 is 5.97 Å². The van der Waals surface area contributed by atoms with Crippen LogP contribution in [0.2, 0.25) is 0 Å². The molecule has 6 heteroatoms. The minimum Gasteiger partial charge on any atom is -0.481 e. The molecule has 1 aliphatic heterocycles. The quantitative estimate of drug-likeness (QED) is 0.824. The van der Waals surface area contributed by atoms with Crippen LogP contribution in [0.1, 0.15) is 42.6 Å². The summed E-state index contributed by atoms with van der Waals surface area (Å²) in [6.07, 6.45) is 1.34. The number of nitrogens with zero attached hydrogens (tertiary/aromatic N) is 1. The summed E-state index contributed by atoms with van der Waals surface area (Å²) in [4.78, 5) is 37.5. The fraction of sp³-hybridized carbons (Fsp3) is 0.526. The number of hydrogen-bond donors (Lipinski definition) is 2. The summed E-state index contributed by atoms with van der Waals surface area (Å²) in [5.41, 5.74) is 0.648. The van der Waals surface area contributed by atoms with Gasteiger partial charge in [-0.2, -0.15) is 0 Å². The van der Waals surface area contributed by atoms with Gasteiger partial charge in [0.1, 0.15) is 0 Å². The first kappa shape index (κ1) is 19.0. The Hall–Kier alpha value is -2.37. The number of likely N-dealkylation sites (tertiary alicyclic amines) is 1. The summed E-state index contributed by atoms with van der Waals surface area (Å²) in [7, 11) is 1.58. The van der Waals surface area contributed by atoms with Crippen LogP contribution in [-0.2, 0) is 16.0 Å². The van der Waals surface area contributed by atoms with Gasteiger partial charge in [-0.3, -0.25) is 14.4 Å². The maximum atomic E-state index is 12.5. The van der Waals surface area contributed by atoms with Crippen molar-refractivity contribution in [3.05, 3.63) is 35.4 Å². The van der Waals surface area contributed by atoms with Gasteiger partial charge in [0.25, 0.3) is 5.91 Å². The number of rotatable bonds is 6. The number of aryl methyl sites for hydroxylation is 1. The average molecular weight is 346 g/mol. The Balaban J connectivity index is 1.98. The highest BCUT2D eigenvalue weighted by molar-refractivity contribution is 5.94. The Morgan fingerprint density at radius 1 is 1.32 bits per heavy atom. The van der Waals surface area contributed by atoms with E-state index in [1.807, 2.05) is 19.9 Å². The first-order valence-electron chi connectivity index (χ1n) is 8.62.